The predicted octanol–water partition coefficient (Wildman–Crippen LogP) is 5.22. The van der Waals surface area contributed by atoms with Crippen LogP contribution in [-0.2, 0) is 0 Å². The first kappa shape index (κ1) is 11.4. The fraction of sp³-hybridized carbons (Fsp3) is 0. The van der Waals surface area contributed by atoms with Crippen LogP contribution in [0.15, 0.2) is 42.5 Å². The van der Waals surface area contributed by atoms with Crippen molar-refractivity contribution in [1.82, 2.24) is 4.98 Å². The van der Waals surface area contributed by atoms with Crippen molar-refractivity contribution in [3.8, 4) is 10.6 Å². The van der Waals surface area contributed by atoms with Crippen LogP contribution in [0.4, 0.5) is 0 Å². The van der Waals surface area contributed by atoms with Crippen LogP contribution in [0.3, 0.4) is 0 Å². The molecule has 0 aliphatic rings. The van der Waals surface area contributed by atoms with Crippen LogP contribution in [-0.4, -0.2) is 4.98 Å². The molecule has 0 unspecified atom stereocenters. The molecule has 0 atom stereocenters. The van der Waals surface area contributed by atoms with Crippen molar-refractivity contribution in [2.24, 2.45) is 0 Å². The summed E-state index contributed by atoms with van der Waals surface area (Å²) in [7, 11) is 0. The maximum absolute atomic E-state index is 6.13. The summed E-state index contributed by atoms with van der Waals surface area (Å²) in [5.41, 5.74) is 2.04. The number of benzene rings is 2. The van der Waals surface area contributed by atoms with E-state index in [4.69, 9.17) is 11.6 Å². The Balaban J connectivity index is 2.18. The monoisotopic (exact) mass is 371 g/mol. The van der Waals surface area contributed by atoms with E-state index < -0.39 is 0 Å². The third-order valence-electron chi connectivity index (χ3n) is 2.46. The van der Waals surface area contributed by atoms with Gasteiger partial charge in [0.05, 0.1) is 9.72 Å². The van der Waals surface area contributed by atoms with Crippen molar-refractivity contribution in [1.29, 1.82) is 0 Å². The molecule has 1 nitrogen and oxygen atoms in total. The molecular formula is C13H7ClINS. The number of para-hydroxylation sites is 1. The predicted molar refractivity (Wildman–Crippen MR) is 82.8 cm³/mol. The van der Waals surface area contributed by atoms with E-state index in [2.05, 4.69) is 57.9 Å². The summed E-state index contributed by atoms with van der Waals surface area (Å²) in [6, 6.07) is 14.2. The summed E-state index contributed by atoms with van der Waals surface area (Å²) in [6.07, 6.45) is 0. The zero-order valence-electron chi connectivity index (χ0n) is 8.65. The molecule has 0 spiro atoms. The molecule has 3 aromatic rings. The Kier molecular flexibility index (Phi) is 3.06. The van der Waals surface area contributed by atoms with Gasteiger partial charge < -0.3 is 0 Å². The molecular weight excluding hydrogens is 365 g/mol. The van der Waals surface area contributed by atoms with Gasteiger partial charge in [0.2, 0.25) is 0 Å². The lowest BCUT2D eigenvalue weighted by Gasteiger charge is -1.95. The van der Waals surface area contributed by atoms with Gasteiger partial charge in [-0.05, 0) is 46.9 Å². The van der Waals surface area contributed by atoms with Crippen LogP contribution >= 0.6 is 45.5 Å². The van der Waals surface area contributed by atoms with Gasteiger partial charge in [-0.2, -0.15) is 0 Å². The zero-order valence-corrected chi connectivity index (χ0v) is 12.4. The quantitative estimate of drug-likeness (QED) is 0.534. The minimum absolute atomic E-state index is 0.718. The van der Waals surface area contributed by atoms with Crippen LogP contribution < -0.4 is 0 Å². The van der Waals surface area contributed by atoms with E-state index >= 15 is 0 Å². The molecule has 0 amide bonds. The first-order valence-electron chi connectivity index (χ1n) is 5.05. The molecule has 84 valence electrons. The van der Waals surface area contributed by atoms with Crippen LogP contribution in [0.1, 0.15) is 0 Å². The third kappa shape index (κ3) is 2.19. The number of thiazole rings is 1. The Labute approximate surface area is 122 Å². The number of hydrogen-bond donors (Lipinski definition) is 0. The lowest BCUT2D eigenvalue weighted by molar-refractivity contribution is 1.47. The fourth-order valence-corrected chi connectivity index (χ4v) is 3.26. The second-order valence-corrected chi connectivity index (χ2v) is 6.30. The van der Waals surface area contributed by atoms with E-state index in [1.807, 2.05) is 12.1 Å². The van der Waals surface area contributed by atoms with Crippen molar-refractivity contribution in [3.63, 3.8) is 0 Å². The number of nitrogens with zero attached hydrogens (tertiary/aromatic N) is 1. The second kappa shape index (κ2) is 4.55. The van der Waals surface area contributed by atoms with Gasteiger partial charge in [0.15, 0.2) is 0 Å². The van der Waals surface area contributed by atoms with Gasteiger partial charge in [-0.3, -0.25) is 0 Å². The normalized spacial score (nSPS) is 10.9. The average Bonchev–Trinajstić information content (AvgIpc) is 2.75. The molecule has 1 heterocycles. The fourth-order valence-electron chi connectivity index (χ4n) is 1.63. The molecule has 0 saturated heterocycles. The molecule has 0 saturated carbocycles. The van der Waals surface area contributed by atoms with E-state index in [1.54, 1.807) is 11.3 Å². The van der Waals surface area contributed by atoms with E-state index in [0.29, 0.717) is 0 Å². The van der Waals surface area contributed by atoms with E-state index in [-0.39, 0.29) is 0 Å². The van der Waals surface area contributed by atoms with Gasteiger partial charge in [-0.25, -0.2) is 4.98 Å². The minimum Gasteiger partial charge on any atom is -0.234 e. The lowest BCUT2D eigenvalue weighted by atomic mass is 10.2. The first-order chi connectivity index (χ1) is 8.24. The molecule has 3 rings (SSSR count). The average molecular weight is 372 g/mol. The number of aromatic nitrogens is 1. The van der Waals surface area contributed by atoms with Crippen LogP contribution in [0.25, 0.3) is 20.8 Å². The van der Waals surface area contributed by atoms with Crippen molar-refractivity contribution in [2.45, 2.75) is 0 Å². The maximum atomic E-state index is 6.13. The van der Waals surface area contributed by atoms with Crippen molar-refractivity contribution in [2.75, 3.05) is 0 Å². The highest BCUT2D eigenvalue weighted by molar-refractivity contribution is 14.1. The van der Waals surface area contributed by atoms with Crippen LogP contribution in [0, 0.1) is 3.57 Å². The molecule has 0 bridgehead atoms. The topological polar surface area (TPSA) is 12.9 Å². The Bertz CT molecular complexity index is 675. The van der Waals surface area contributed by atoms with Gasteiger partial charge >= 0.3 is 0 Å². The smallest absolute Gasteiger partial charge is 0.124 e. The number of hydrogen-bond acceptors (Lipinski definition) is 2. The summed E-state index contributed by atoms with van der Waals surface area (Å²) in [4.78, 5) is 4.60. The van der Waals surface area contributed by atoms with E-state index in [1.165, 1.54) is 3.57 Å². The Morgan fingerprint density at radius 1 is 1.06 bits per heavy atom. The molecule has 4 heteroatoms. The Morgan fingerprint density at radius 3 is 2.53 bits per heavy atom. The number of halogens is 2. The summed E-state index contributed by atoms with van der Waals surface area (Å²) < 4.78 is 2.36. The van der Waals surface area contributed by atoms with Crippen molar-refractivity contribution < 1.29 is 0 Å². The molecule has 2 aromatic carbocycles. The van der Waals surface area contributed by atoms with Gasteiger partial charge in [-0.1, -0.05) is 29.8 Å². The Hall–Kier alpha value is -0.650. The largest absolute Gasteiger partial charge is 0.234 e. The minimum atomic E-state index is 0.718. The maximum Gasteiger partial charge on any atom is 0.124 e. The first-order valence-corrected chi connectivity index (χ1v) is 7.32. The van der Waals surface area contributed by atoms with Crippen molar-refractivity contribution in [3.05, 3.63) is 51.1 Å². The van der Waals surface area contributed by atoms with E-state index in [9.17, 15) is 0 Å². The van der Waals surface area contributed by atoms with Gasteiger partial charge in [-0.15, -0.1) is 11.3 Å². The number of fused-ring (bicyclic) bond motifs is 1. The summed E-state index contributed by atoms with van der Waals surface area (Å²) in [5, 5.41) is 1.74. The standard InChI is InChI=1S/C13H7ClINS/c14-10-2-1-3-11-12(10)16-13(17-11)8-4-6-9(15)7-5-8/h1-7H. The van der Waals surface area contributed by atoms with Crippen LogP contribution in [0.2, 0.25) is 5.02 Å². The molecule has 0 aliphatic carbocycles. The van der Waals surface area contributed by atoms with Gasteiger partial charge in [0.1, 0.15) is 10.5 Å². The van der Waals surface area contributed by atoms with Crippen LogP contribution in [0.5, 0.6) is 0 Å². The highest BCUT2D eigenvalue weighted by Crippen LogP contribution is 2.33. The molecule has 1 aromatic heterocycles. The summed E-state index contributed by atoms with van der Waals surface area (Å²) in [5.74, 6) is 0. The molecule has 0 radical (unpaired) electrons. The molecule has 17 heavy (non-hydrogen) atoms. The Morgan fingerprint density at radius 2 is 1.82 bits per heavy atom. The van der Waals surface area contributed by atoms with Gasteiger partial charge in [0, 0.05) is 9.13 Å². The summed E-state index contributed by atoms with van der Waals surface area (Å²) >= 11 is 10.1. The number of rotatable bonds is 1. The molecule has 0 N–H and O–H groups in total. The zero-order chi connectivity index (χ0) is 11.8. The molecule has 0 aliphatic heterocycles. The third-order valence-corrected chi connectivity index (χ3v) is 4.55. The highest BCUT2D eigenvalue weighted by Gasteiger charge is 2.08. The van der Waals surface area contributed by atoms with Gasteiger partial charge in [0.25, 0.3) is 0 Å². The second-order valence-electron chi connectivity index (χ2n) is 3.61. The van der Waals surface area contributed by atoms with Crippen molar-refractivity contribution >= 4 is 55.7 Å². The SMILES string of the molecule is Clc1cccc2sc(-c3ccc(I)cc3)nc12. The highest BCUT2D eigenvalue weighted by atomic mass is 127. The van der Waals surface area contributed by atoms with E-state index in [0.717, 1.165) is 25.8 Å². The lowest BCUT2D eigenvalue weighted by Crippen LogP contribution is -1.76. The molecule has 0 fully saturated rings. The summed E-state index contributed by atoms with van der Waals surface area (Å²) in [6.45, 7) is 0.